The van der Waals surface area contributed by atoms with Crippen LogP contribution in [0.1, 0.15) is 37.7 Å². The molecule has 1 aromatic carbocycles. The average Bonchev–Trinajstić information content (AvgIpc) is 3.37. The van der Waals surface area contributed by atoms with Gasteiger partial charge < -0.3 is 16.4 Å². The minimum Gasteiger partial charge on any atom is -0.369 e. The van der Waals surface area contributed by atoms with Gasteiger partial charge in [-0.3, -0.25) is 14.7 Å². The zero-order valence-corrected chi connectivity index (χ0v) is 19.4. The van der Waals surface area contributed by atoms with Gasteiger partial charge in [0.2, 0.25) is 5.91 Å². The normalized spacial score (nSPS) is 21.6. The molecular weight excluding hydrogens is 484 g/mol. The van der Waals surface area contributed by atoms with Crippen LogP contribution in [0.25, 0.3) is 0 Å². The summed E-state index contributed by atoms with van der Waals surface area (Å²) < 4.78 is 13.1. The van der Waals surface area contributed by atoms with Crippen molar-refractivity contribution in [3.8, 4) is 0 Å². The molecule has 2 aliphatic rings. The second kappa shape index (κ2) is 11.7. The third-order valence-corrected chi connectivity index (χ3v) is 5.94. The number of primary amides is 1. The molecule has 6 nitrogen and oxygen atoms in total. The number of amides is 1. The van der Waals surface area contributed by atoms with E-state index in [-0.39, 0.29) is 41.6 Å². The van der Waals surface area contributed by atoms with Gasteiger partial charge in [-0.05, 0) is 43.4 Å². The van der Waals surface area contributed by atoms with E-state index >= 15 is 0 Å². The lowest BCUT2D eigenvalue weighted by molar-refractivity contribution is -0.121. The van der Waals surface area contributed by atoms with E-state index in [1.54, 1.807) is 19.2 Å². The van der Waals surface area contributed by atoms with Crippen molar-refractivity contribution in [2.45, 2.75) is 50.6 Å². The first-order valence-corrected chi connectivity index (χ1v) is 10.3. The number of nitrogens with two attached hydrogens (primary N) is 1. The molecule has 2 unspecified atom stereocenters. The van der Waals surface area contributed by atoms with Crippen molar-refractivity contribution < 1.29 is 9.18 Å². The second-order valence-corrected chi connectivity index (χ2v) is 7.95. The SMILES string of the molecule is CN=C(NCC(Cc1ccc(F)cc1)C(N)=O)NC1CCN(C2CCCC2)C1.I. The number of benzene rings is 1. The number of hydrogen-bond acceptors (Lipinski definition) is 3. The smallest absolute Gasteiger partial charge is 0.222 e. The number of aliphatic imine (C=N–C) groups is 1. The van der Waals surface area contributed by atoms with Gasteiger partial charge in [-0.1, -0.05) is 25.0 Å². The Bertz CT molecular complexity index is 678. The minimum atomic E-state index is -0.387. The molecule has 1 saturated heterocycles. The van der Waals surface area contributed by atoms with Gasteiger partial charge in [0.25, 0.3) is 0 Å². The van der Waals surface area contributed by atoms with Crippen molar-refractivity contribution in [3.05, 3.63) is 35.6 Å². The molecule has 2 atom stereocenters. The first-order chi connectivity index (χ1) is 13.5. The Kier molecular flexibility index (Phi) is 9.61. The largest absolute Gasteiger partial charge is 0.369 e. The Hall–Kier alpha value is -1.42. The summed E-state index contributed by atoms with van der Waals surface area (Å²) in [6.07, 6.45) is 6.92. The molecule has 29 heavy (non-hydrogen) atoms. The summed E-state index contributed by atoms with van der Waals surface area (Å²) >= 11 is 0. The van der Waals surface area contributed by atoms with Crippen molar-refractivity contribution in [3.63, 3.8) is 0 Å². The Labute approximate surface area is 189 Å². The molecule has 1 aromatic rings. The Morgan fingerprint density at radius 2 is 1.97 bits per heavy atom. The summed E-state index contributed by atoms with van der Waals surface area (Å²) in [5.74, 6) is -0.350. The summed E-state index contributed by atoms with van der Waals surface area (Å²) in [6, 6.07) is 7.30. The maximum Gasteiger partial charge on any atom is 0.222 e. The molecule has 1 heterocycles. The molecule has 1 saturated carbocycles. The second-order valence-electron chi connectivity index (χ2n) is 7.95. The van der Waals surface area contributed by atoms with Gasteiger partial charge >= 0.3 is 0 Å². The van der Waals surface area contributed by atoms with E-state index in [0.29, 0.717) is 25.0 Å². The third-order valence-electron chi connectivity index (χ3n) is 5.94. The topological polar surface area (TPSA) is 82.7 Å². The molecule has 1 amide bonds. The summed E-state index contributed by atoms with van der Waals surface area (Å²) in [4.78, 5) is 18.7. The molecule has 4 N–H and O–H groups in total. The molecule has 162 valence electrons. The fraction of sp³-hybridized carbons (Fsp3) is 0.619. The van der Waals surface area contributed by atoms with Crippen LogP contribution in [-0.2, 0) is 11.2 Å². The fourth-order valence-corrected chi connectivity index (χ4v) is 4.29. The molecule has 1 aliphatic heterocycles. The molecule has 2 fully saturated rings. The predicted octanol–water partition coefficient (Wildman–Crippen LogP) is 2.27. The van der Waals surface area contributed by atoms with Crippen LogP contribution in [0.4, 0.5) is 4.39 Å². The zero-order valence-electron chi connectivity index (χ0n) is 17.1. The Balaban J connectivity index is 0.00000300. The van der Waals surface area contributed by atoms with E-state index in [9.17, 15) is 9.18 Å². The van der Waals surface area contributed by atoms with E-state index in [0.717, 1.165) is 31.1 Å². The van der Waals surface area contributed by atoms with Crippen molar-refractivity contribution in [2.75, 3.05) is 26.7 Å². The van der Waals surface area contributed by atoms with Crippen molar-refractivity contribution in [1.29, 1.82) is 0 Å². The number of likely N-dealkylation sites (tertiary alicyclic amines) is 1. The highest BCUT2D eigenvalue weighted by Crippen LogP contribution is 2.26. The van der Waals surface area contributed by atoms with Crippen LogP contribution >= 0.6 is 24.0 Å². The van der Waals surface area contributed by atoms with Crippen LogP contribution in [-0.4, -0.2) is 55.5 Å². The van der Waals surface area contributed by atoms with Crippen molar-refractivity contribution in [1.82, 2.24) is 15.5 Å². The van der Waals surface area contributed by atoms with Crippen LogP contribution < -0.4 is 16.4 Å². The van der Waals surface area contributed by atoms with Crippen LogP contribution in [0.2, 0.25) is 0 Å². The first kappa shape index (κ1) is 23.9. The lowest BCUT2D eigenvalue weighted by Crippen LogP contribution is -2.47. The summed E-state index contributed by atoms with van der Waals surface area (Å²) in [6.45, 7) is 2.57. The van der Waals surface area contributed by atoms with Gasteiger partial charge in [-0.25, -0.2) is 4.39 Å². The molecule has 8 heteroatoms. The lowest BCUT2D eigenvalue weighted by atomic mass is 9.98. The van der Waals surface area contributed by atoms with Gasteiger partial charge in [0.1, 0.15) is 5.82 Å². The summed E-state index contributed by atoms with van der Waals surface area (Å²) in [5, 5.41) is 6.72. The van der Waals surface area contributed by atoms with Crippen LogP contribution in [0, 0.1) is 11.7 Å². The number of nitrogens with zero attached hydrogens (tertiary/aromatic N) is 2. The number of halogens is 2. The fourth-order valence-electron chi connectivity index (χ4n) is 4.29. The van der Waals surface area contributed by atoms with Gasteiger partial charge in [-0.2, -0.15) is 0 Å². The lowest BCUT2D eigenvalue weighted by Gasteiger charge is -2.24. The predicted molar refractivity (Wildman–Crippen MR) is 125 cm³/mol. The number of guanidine groups is 1. The minimum absolute atomic E-state index is 0. The van der Waals surface area contributed by atoms with Gasteiger partial charge in [0.05, 0.1) is 5.92 Å². The molecular formula is C21H33FIN5O. The van der Waals surface area contributed by atoms with E-state index in [1.165, 1.54) is 37.8 Å². The third kappa shape index (κ3) is 7.09. The van der Waals surface area contributed by atoms with E-state index in [1.807, 2.05) is 0 Å². The zero-order chi connectivity index (χ0) is 19.9. The quantitative estimate of drug-likeness (QED) is 0.295. The van der Waals surface area contributed by atoms with Gasteiger partial charge in [0, 0.05) is 38.8 Å². The van der Waals surface area contributed by atoms with Crippen molar-refractivity contribution >= 4 is 35.8 Å². The highest BCUT2D eigenvalue weighted by atomic mass is 127. The molecule has 0 spiro atoms. The average molecular weight is 517 g/mol. The number of hydrogen-bond donors (Lipinski definition) is 3. The maximum absolute atomic E-state index is 13.1. The number of carbonyl (C=O) groups excluding carboxylic acids is 1. The van der Waals surface area contributed by atoms with E-state index < -0.39 is 0 Å². The van der Waals surface area contributed by atoms with Crippen LogP contribution in [0.5, 0.6) is 0 Å². The number of nitrogens with one attached hydrogen (secondary N) is 2. The first-order valence-electron chi connectivity index (χ1n) is 10.3. The molecule has 0 bridgehead atoms. The Morgan fingerprint density at radius 3 is 2.59 bits per heavy atom. The molecule has 0 aromatic heterocycles. The van der Waals surface area contributed by atoms with Crippen molar-refractivity contribution in [2.24, 2.45) is 16.6 Å². The summed E-state index contributed by atoms with van der Waals surface area (Å²) in [7, 11) is 1.73. The highest BCUT2D eigenvalue weighted by Gasteiger charge is 2.30. The van der Waals surface area contributed by atoms with E-state index in [2.05, 4.69) is 20.5 Å². The number of rotatable bonds is 7. The highest BCUT2D eigenvalue weighted by molar-refractivity contribution is 14.0. The molecule has 1 aliphatic carbocycles. The van der Waals surface area contributed by atoms with Crippen LogP contribution in [0.15, 0.2) is 29.3 Å². The Morgan fingerprint density at radius 1 is 1.28 bits per heavy atom. The molecule has 3 rings (SSSR count). The van der Waals surface area contributed by atoms with Crippen LogP contribution in [0.3, 0.4) is 0 Å². The molecule has 0 radical (unpaired) electrons. The maximum atomic E-state index is 13.1. The standard InChI is InChI=1S/C21H32FN5O.HI/c1-24-21(26-18-10-11-27(14-18)19-4-2-3-5-19)25-13-16(20(23)28)12-15-6-8-17(22)9-7-15;/h6-9,16,18-19H,2-5,10-14H2,1H3,(H2,23,28)(H2,24,25,26);1H. The van der Waals surface area contributed by atoms with Gasteiger partial charge in [-0.15, -0.1) is 24.0 Å². The number of carbonyl (C=O) groups is 1. The van der Waals surface area contributed by atoms with E-state index in [4.69, 9.17) is 5.73 Å². The monoisotopic (exact) mass is 517 g/mol. The van der Waals surface area contributed by atoms with Gasteiger partial charge in [0.15, 0.2) is 5.96 Å². The summed E-state index contributed by atoms with van der Waals surface area (Å²) in [5.41, 5.74) is 6.46.